The molecule has 0 spiro atoms. The van der Waals surface area contributed by atoms with E-state index >= 15 is 0 Å². The van der Waals surface area contributed by atoms with Crippen LogP contribution >= 0.6 is 11.6 Å². The zero-order chi connectivity index (χ0) is 15.8. The fourth-order valence-corrected chi connectivity index (χ4v) is 24.4. The number of aliphatic hydroxyl groups is 1. The normalized spacial score (nSPS) is 25.3. The van der Waals surface area contributed by atoms with Crippen LogP contribution in [0.1, 0.15) is 78.6 Å². The van der Waals surface area contributed by atoms with Crippen molar-refractivity contribution in [3.8, 4) is 0 Å². The molecule has 0 aromatic rings. The molecule has 2 atom stereocenters. The Kier molecular flexibility index (Phi) is 9.59. The van der Waals surface area contributed by atoms with Crippen molar-refractivity contribution < 1.29 is 5.11 Å². The number of halogens is 1. The summed E-state index contributed by atoms with van der Waals surface area (Å²) in [5, 5.41) is 10.9. The van der Waals surface area contributed by atoms with E-state index < -0.39 is 18.4 Å². The van der Waals surface area contributed by atoms with Crippen LogP contribution in [0, 0.1) is 0 Å². The Bertz CT molecular complexity index is 263. The summed E-state index contributed by atoms with van der Waals surface area (Å²) in [6.07, 6.45) is 11.3. The van der Waals surface area contributed by atoms with Crippen molar-refractivity contribution in [2.75, 3.05) is 5.88 Å². The molecule has 0 saturated heterocycles. The topological polar surface area (TPSA) is 20.2 Å². The summed E-state index contributed by atoms with van der Waals surface area (Å²) in [6.45, 7) is 6.97. The number of hydrogen-bond acceptors (Lipinski definition) is 1. The molecule has 1 fully saturated rings. The first kappa shape index (κ1) is 20.1. The van der Waals surface area contributed by atoms with E-state index in [9.17, 15) is 5.11 Å². The SMILES string of the molecule is CCC[CH2][Sn]([CH2]CCC)([CH2]CCC)[C@H]1C[C@]1(O)CCCCl. The molecule has 1 N–H and O–H groups in total. The maximum absolute atomic E-state index is 10.9. The Labute approximate surface area is 142 Å². The van der Waals surface area contributed by atoms with Gasteiger partial charge in [0.1, 0.15) is 0 Å². The fraction of sp³-hybridized carbons (Fsp3) is 1.00. The van der Waals surface area contributed by atoms with Crippen molar-refractivity contribution in [1.29, 1.82) is 0 Å². The van der Waals surface area contributed by atoms with Gasteiger partial charge in [0, 0.05) is 0 Å². The van der Waals surface area contributed by atoms with Crippen LogP contribution in [-0.2, 0) is 0 Å². The van der Waals surface area contributed by atoms with Gasteiger partial charge in [0.05, 0.1) is 0 Å². The number of rotatable bonds is 13. The molecule has 0 amide bonds. The molecule has 0 bridgehead atoms. The third-order valence-electron chi connectivity index (χ3n) is 5.61. The summed E-state index contributed by atoms with van der Waals surface area (Å²) in [5.41, 5.74) is -0.291. The minimum atomic E-state index is -2.18. The van der Waals surface area contributed by atoms with Crippen LogP contribution in [0.25, 0.3) is 0 Å². The minimum absolute atomic E-state index is 0.291. The second-order valence-electron chi connectivity index (χ2n) is 7.33. The molecule has 0 unspecified atom stereocenters. The van der Waals surface area contributed by atoms with Crippen molar-refractivity contribution >= 4 is 30.0 Å². The van der Waals surface area contributed by atoms with E-state index in [2.05, 4.69) is 20.8 Å². The molecule has 0 aromatic carbocycles. The molecular formula is C18H37ClOSn. The zero-order valence-corrected chi connectivity index (χ0v) is 18.2. The molecule has 0 radical (unpaired) electrons. The van der Waals surface area contributed by atoms with E-state index in [0.29, 0.717) is 5.88 Å². The number of hydrogen-bond donors (Lipinski definition) is 1. The number of unbranched alkanes of at least 4 members (excludes halogenated alkanes) is 3. The van der Waals surface area contributed by atoms with Crippen molar-refractivity contribution in [3.05, 3.63) is 0 Å². The van der Waals surface area contributed by atoms with E-state index in [4.69, 9.17) is 11.6 Å². The summed E-state index contributed by atoms with van der Waals surface area (Å²) in [5.74, 6) is 0.705. The van der Waals surface area contributed by atoms with Gasteiger partial charge >= 0.3 is 142 Å². The summed E-state index contributed by atoms with van der Waals surface area (Å²) in [6, 6.07) is 0. The molecular weight excluding hydrogens is 386 g/mol. The van der Waals surface area contributed by atoms with Gasteiger partial charge in [0.25, 0.3) is 0 Å². The van der Waals surface area contributed by atoms with Crippen molar-refractivity contribution in [1.82, 2.24) is 0 Å². The first-order chi connectivity index (χ1) is 10.1. The van der Waals surface area contributed by atoms with Crippen LogP contribution < -0.4 is 0 Å². The van der Waals surface area contributed by atoms with Crippen LogP contribution in [-0.4, -0.2) is 35.0 Å². The third-order valence-corrected chi connectivity index (χ3v) is 23.8. The quantitative estimate of drug-likeness (QED) is 0.270. The van der Waals surface area contributed by atoms with Gasteiger partial charge in [-0.25, -0.2) is 0 Å². The standard InChI is InChI=1S/C6H10ClO.3C4H9.Sn/c7-5-1-2-6(8)3-4-6;3*1-3-4-2;/h3,8H,1-2,4-5H2;3*1,3-4H2,2H3;/t6-;;;;/m0..../s1. The Hall–Kier alpha value is 1.05. The number of alkyl halides is 1. The summed E-state index contributed by atoms with van der Waals surface area (Å²) >= 11 is 3.68. The van der Waals surface area contributed by atoms with Crippen LogP contribution in [0.4, 0.5) is 0 Å². The van der Waals surface area contributed by atoms with E-state index in [1.54, 1.807) is 0 Å². The summed E-state index contributed by atoms with van der Waals surface area (Å²) < 4.78 is 5.33. The first-order valence-electron chi connectivity index (χ1n) is 9.37. The predicted octanol–water partition coefficient (Wildman–Crippen LogP) is 6.36. The average Bonchev–Trinajstić information content (AvgIpc) is 3.18. The van der Waals surface area contributed by atoms with Crippen molar-refractivity contribution in [2.24, 2.45) is 0 Å². The first-order valence-corrected chi connectivity index (χ1v) is 17.6. The van der Waals surface area contributed by atoms with E-state index in [1.807, 2.05) is 0 Å². The van der Waals surface area contributed by atoms with E-state index in [1.165, 1.54) is 51.8 Å². The van der Waals surface area contributed by atoms with Crippen LogP contribution in [0.15, 0.2) is 0 Å². The molecule has 1 aliphatic rings. The third kappa shape index (κ3) is 5.88. The second-order valence-corrected chi connectivity index (χ2v) is 21.8. The fourth-order valence-electron chi connectivity index (χ4n) is 4.21. The monoisotopic (exact) mass is 424 g/mol. The van der Waals surface area contributed by atoms with Crippen LogP contribution in [0.5, 0.6) is 0 Å². The molecule has 0 heterocycles. The molecule has 1 nitrogen and oxygen atoms in total. The summed E-state index contributed by atoms with van der Waals surface area (Å²) in [4.78, 5) is 0. The van der Waals surface area contributed by atoms with Crippen LogP contribution in [0.2, 0.25) is 17.2 Å². The van der Waals surface area contributed by atoms with Gasteiger partial charge in [-0.15, -0.1) is 0 Å². The molecule has 0 aliphatic heterocycles. The van der Waals surface area contributed by atoms with Gasteiger partial charge in [-0.1, -0.05) is 0 Å². The van der Waals surface area contributed by atoms with Gasteiger partial charge in [0.15, 0.2) is 0 Å². The van der Waals surface area contributed by atoms with Crippen LogP contribution in [0.3, 0.4) is 0 Å². The van der Waals surface area contributed by atoms with Gasteiger partial charge in [-0.05, 0) is 0 Å². The Morgan fingerprint density at radius 3 is 1.81 bits per heavy atom. The Morgan fingerprint density at radius 1 is 0.952 bits per heavy atom. The van der Waals surface area contributed by atoms with Gasteiger partial charge in [-0.2, -0.15) is 0 Å². The second kappa shape index (κ2) is 10.0. The van der Waals surface area contributed by atoms with Gasteiger partial charge in [-0.3, -0.25) is 0 Å². The molecule has 21 heavy (non-hydrogen) atoms. The van der Waals surface area contributed by atoms with Gasteiger partial charge in [0.2, 0.25) is 0 Å². The van der Waals surface area contributed by atoms with E-state index in [-0.39, 0.29) is 5.60 Å². The van der Waals surface area contributed by atoms with Gasteiger partial charge < -0.3 is 0 Å². The average molecular weight is 424 g/mol. The molecule has 1 saturated carbocycles. The Balaban J connectivity index is 2.77. The zero-order valence-electron chi connectivity index (χ0n) is 14.6. The maximum atomic E-state index is 10.9. The van der Waals surface area contributed by atoms with Crippen molar-refractivity contribution in [3.63, 3.8) is 0 Å². The molecule has 1 aliphatic carbocycles. The van der Waals surface area contributed by atoms with E-state index in [0.717, 1.165) is 23.2 Å². The molecule has 1 rings (SSSR count). The molecule has 126 valence electrons. The summed E-state index contributed by atoms with van der Waals surface area (Å²) in [7, 11) is 0. The molecule has 0 aromatic heterocycles. The Morgan fingerprint density at radius 2 is 1.43 bits per heavy atom. The molecule has 3 heteroatoms. The van der Waals surface area contributed by atoms with Crippen molar-refractivity contribution in [2.45, 2.75) is 101 Å². The predicted molar refractivity (Wildman–Crippen MR) is 98.2 cm³/mol.